The summed E-state index contributed by atoms with van der Waals surface area (Å²) in [7, 11) is -3.60. The molecule has 0 aromatic heterocycles. The van der Waals surface area contributed by atoms with E-state index in [0.29, 0.717) is 25.2 Å². The van der Waals surface area contributed by atoms with Gasteiger partial charge in [0.2, 0.25) is 10.0 Å². The van der Waals surface area contributed by atoms with Gasteiger partial charge in [-0.2, -0.15) is 0 Å². The SMILES string of the molecule is CS(=O)(=O)Nc1cc(C(=O)N2CCC3CCC(C2)N3)ccc1F.Cl. The van der Waals surface area contributed by atoms with E-state index in [2.05, 4.69) is 10.0 Å². The van der Waals surface area contributed by atoms with Crippen LogP contribution in [0.15, 0.2) is 18.2 Å². The monoisotopic (exact) mass is 377 g/mol. The Hall–Kier alpha value is -1.38. The second-order valence-electron chi connectivity index (χ2n) is 6.25. The van der Waals surface area contributed by atoms with Crippen LogP contribution in [-0.2, 0) is 10.0 Å². The van der Waals surface area contributed by atoms with Crippen LogP contribution in [0.3, 0.4) is 0 Å². The lowest BCUT2D eigenvalue weighted by atomic mass is 10.1. The van der Waals surface area contributed by atoms with Crippen molar-refractivity contribution in [2.45, 2.75) is 31.3 Å². The summed E-state index contributed by atoms with van der Waals surface area (Å²) in [5, 5.41) is 3.50. The molecule has 3 rings (SSSR count). The van der Waals surface area contributed by atoms with E-state index in [0.717, 1.165) is 31.6 Å². The molecule has 2 atom stereocenters. The molecule has 1 aromatic rings. The average molecular weight is 378 g/mol. The lowest BCUT2D eigenvalue weighted by molar-refractivity contribution is 0.0748. The van der Waals surface area contributed by atoms with E-state index in [9.17, 15) is 17.6 Å². The first kappa shape index (κ1) is 19.0. The van der Waals surface area contributed by atoms with Gasteiger partial charge in [0.15, 0.2) is 0 Å². The van der Waals surface area contributed by atoms with Gasteiger partial charge in [0.05, 0.1) is 11.9 Å². The minimum atomic E-state index is -3.60. The van der Waals surface area contributed by atoms with Gasteiger partial charge in [-0.15, -0.1) is 12.4 Å². The molecule has 0 aliphatic carbocycles. The van der Waals surface area contributed by atoms with Crippen molar-refractivity contribution in [2.75, 3.05) is 24.1 Å². The number of hydrogen-bond acceptors (Lipinski definition) is 4. The second kappa shape index (κ2) is 7.25. The molecule has 2 fully saturated rings. The summed E-state index contributed by atoms with van der Waals surface area (Å²) in [5.74, 6) is -0.903. The maximum absolute atomic E-state index is 13.7. The van der Waals surface area contributed by atoms with Crippen molar-refractivity contribution in [1.82, 2.24) is 10.2 Å². The molecule has 0 saturated carbocycles. The first-order valence-corrected chi connectivity index (χ1v) is 9.53. The highest BCUT2D eigenvalue weighted by Crippen LogP contribution is 2.23. The molecule has 0 radical (unpaired) electrons. The first-order valence-electron chi connectivity index (χ1n) is 7.64. The Morgan fingerprint density at radius 1 is 1.29 bits per heavy atom. The van der Waals surface area contributed by atoms with E-state index >= 15 is 0 Å². The van der Waals surface area contributed by atoms with Gasteiger partial charge < -0.3 is 10.2 Å². The third-order valence-electron chi connectivity index (χ3n) is 4.32. The molecule has 0 spiro atoms. The van der Waals surface area contributed by atoms with Crippen molar-refractivity contribution in [1.29, 1.82) is 0 Å². The van der Waals surface area contributed by atoms with Gasteiger partial charge in [0.1, 0.15) is 5.82 Å². The standard InChI is InChI=1S/C15H20FN3O3S.ClH/c1-23(21,22)18-14-8-10(2-5-13(14)16)15(20)19-7-6-11-3-4-12(9-19)17-11;/h2,5,8,11-12,17-18H,3-4,6-7,9H2,1H3;1H. The summed E-state index contributed by atoms with van der Waals surface area (Å²) in [6.07, 6.45) is 4.04. The van der Waals surface area contributed by atoms with Crippen molar-refractivity contribution in [2.24, 2.45) is 0 Å². The fourth-order valence-electron chi connectivity index (χ4n) is 3.25. The summed E-state index contributed by atoms with van der Waals surface area (Å²) < 4.78 is 38.4. The Labute approximate surface area is 147 Å². The van der Waals surface area contributed by atoms with Crippen LogP contribution in [0, 0.1) is 5.82 Å². The molecule has 1 amide bonds. The molecule has 2 bridgehead atoms. The largest absolute Gasteiger partial charge is 0.337 e. The van der Waals surface area contributed by atoms with Gasteiger partial charge in [-0.05, 0) is 37.5 Å². The molecule has 6 nitrogen and oxygen atoms in total. The zero-order valence-electron chi connectivity index (χ0n) is 13.3. The van der Waals surface area contributed by atoms with E-state index in [1.54, 1.807) is 4.90 Å². The number of sulfonamides is 1. The molecule has 2 unspecified atom stereocenters. The lowest BCUT2D eigenvalue weighted by Gasteiger charge is -2.24. The molecule has 2 aliphatic heterocycles. The molecular formula is C15H21ClFN3O3S. The minimum absolute atomic E-state index is 0. The van der Waals surface area contributed by atoms with Crippen LogP contribution in [0.2, 0.25) is 0 Å². The maximum Gasteiger partial charge on any atom is 0.253 e. The molecule has 134 valence electrons. The van der Waals surface area contributed by atoms with Crippen LogP contribution in [0.4, 0.5) is 10.1 Å². The lowest BCUT2D eigenvalue weighted by Crippen LogP contribution is -2.39. The Morgan fingerprint density at radius 3 is 2.71 bits per heavy atom. The molecule has 2 heterocycles. The summed E-state index contributed by atoms with van der Waals surface area (Å²) in [6, 6.07) is 4.54. The van der Waals surface area contributed by atoms with Crippen LogP contribution >= 0.6 is 12.4 Å². The molecule has 2 aliphatic rings. The van der Waals surface area contributed by atoms with Crippen molar-refractivity contribution in [3.63, 3.8) is 0 Å². The summed E-state index contributed by atoms with van der Waals surface area (Å²) in [6.45, 7) is 1.28. The van der Waals surface area contributed by atoms with Crippen LogP contribution in [0.1, 0.15) is 29.6 Å². The van der Waals surface area contributed by atoms with Gasteiger partial charge >= 0.3 is 0 Å². The predicted molar refractivity (Wildman–Crippen MR) is 92.6 cm³/mol. The highest BCUT2D eigenvalue weighted by molar-refractivity contribution is 7.92. The molecule has 24 heavy (non-hydrogen) atoms. The quantitative estimate of drug-likeness (QED) is 0.838. The van der Waals surface area contributed by atoms with Crippen molar-refractivity contribution >= 4 is 34.0 Å². The van der Waals surface area contributed by atoms with E-state index in [1.165, 1.54) is 12.1 Å². The number of nitrogens with one attached hydrogen (secondary N) is 2. The van der Waals surface area contributed by atoms with E-state index in [4.69, 9.17) is 0 Å². The zero-order valence-corrected chi connectivity index (χ0v) is 14.9. The second-order valence-corrected chi connectivity index (χ2v) is 8.00. The highest BCUT2D eigenvalue weighted by atomic mass is 35.5. The molecule has 1 aromatic carbocycles. The van der Waals surface area contributed by atoms with Crippen LogP contribution < -0.4 is 10.0 Å². The number of likely N-dealkylation sites (tertiary alicyclic amines) is 1. The predicted octanol–water partition coefficient (Wildman–Crippen LogP) is 1.59. The molecule has 9 heteroatoms. The Morgan fingerprint density at radius 2 is 2.00 bits per heavy atom. The summed E-state index contributed by atoms with van der Waals surface area (Å²) in [4.78, 5) is 14.4. The molecular weight excluding hydrogens is 357 g/mol. The number of nitrogens with zero attached hydrogens (tertiary/aromatic N) is 1. The average Bonchev–Trinajstić information content (AvgIpc) is 2.78. The first-order chi connectivity index (χ1) is 10.8. The number of fused-ring (bicyclic) bond motifs is 2. The van der Waals surface area contributed by atoms with Crippen LogP contribution in [-0.4, -0.2) is 50.7 Å². The Balaban J connectivity index is 0.00000208. The number of carbonyl (C=O) groups excluding carboxylic acids is 1. The van der Waals surface area contributed by atoms with Gasteiger partial charge in [0.25, 0.3) is 5.91 Å². The van der Waals surface area contributed by atoms with E-state index < -0.39 is 15.8 Å². The van der Waals surface area contributed by atoms with Crippen LogP contribution in [0.5, 0.6) is 0 Å². The van der Waals surface area contributed by atoms with Crippen molar-refractivity contribution in [3.8, 4) is 0 Å². The number of amides is 1. The number of halogens is 2. The fraction of sp³-hybridized carbons (Fsp3) is 0.533. The third-order valence-corrected chi connectivity index (χ3v) is 4.91. The van der Waals surface area contributed by atoms with Gasteiger partial charge in [-0.25, -0.2) is 12.8 Å². The number of rotatable bonds is 3. The number of benzene rings is 1. The van der Waals surface area contributed by atoms with Crippen LogP contribution in [0.25, 0.3) is 0 Å². The zero-order chi connectivity index (χ0) is 16.6. The van der Waals surface area contributed by atoms with Gasteiger partial charge in [-0.3, -0.25) is 9.52 Å². The minimum Gasteiger partial charge on any atom is -0.337 e. The summed E-state index contributed by atoms with van der Waals surface area (Å²) >= 11 is 0. The highest BCUT2D eigenvalue weighted by Gasteiger charge is 2.31. The number of carbonyl (C=O) groups is 1. The van der Waals surface area contributed by atoms with E-state index in [-0.39, 0.29) is 29.6 Å². The fourth-order valence-corrected chi connectivity index (χ4v) is 3.80. The molecule has 2 saturated heterocycles. The summed E-state index contributed by atoms with van der Waals surface area (Å²) in [5.41, 5.74) is 0.0862. The van der Waals surface area contributed by atoms with E-state index in [1.807, 2.05) is 0 Å². The normalized spacial score (nSPS) is 23.3. The smallest absolute Gasteiger partial charge is 0.253 e. The van der Waals surface area contributed by atoms with Crippen molar-refractivity contribution in [3.05, 3.63) is 29.6 Å². The Kier molecular flexibility index (Phi) is 5.72. The number of hydrogen-bond donors (Lipinski definition) is 2. The van der Waals surface area contributed by atoms with Gasteiger partial charge in [0, 0.05) is 30.7 Å². The van der Waals surface area contributed by atoms with Gasteiger partial charge in [-0.1, -0.05) is 0 Å². The Bertz CT molecular complexity index is 729. The topological polar surface area (TPSA) is 78.5 Å². The third kappa shape index (κ3) is 4.37. The number of anilines is 1. The maximum atomic E-state index is 13.7. The van der Waals surface area contributed by atoms with Crippen molar-refractivity contribution < 1.29 is 17.6 Å². The molecule has 2 N–H and O–H groups in total.